The summed E-state index contributed by atoms with van der Waals surface area (Å²) < 4.78 is 0.189. The number of hydrogen-bond acceptors (Lipinski definition) is 5. The highest BCUT2D eigenvalue weighted by molar-refractivity contribution is 9.10. The van der Waals surface area contributed by atoms with Crippen molar-refractivity contribution in [3.8, 4) is 0 Å². The standard InChI is InChI=1S/C7H3BrN4O4/c8-3-1-2(12(15)16)4-5(9-3)11-7(14)6(13)10-4/h1H,(H,10,13)(H,9,11,14). The van der Waals surface area contributed by atoms with Crippen LogP contribution in [0.25, 0.3) is 11.2 Å². The van der Waals surface area contributed by atoms with E-state index in [4.69, 9.17) is 0 Å². The molecule has 0 unspecified atom stereocenters. The molecule has 0 bridgehead atoms. The Bertz CT molecular complexity index is 704. The first-order valence-electron chi connectivity index (χ1n) is 3.96. The minimum atomic E-state index is -0.959. The number of aromatic nitrogens is 3. The number of rotatable bonds is 1. The van der Waals surface area contributed by atoms with E-state index < -0.39 is 16.0 Å². The monoisotopic (exact) mass is 286 g/mol. The average molecular weight is 287 g/mol. The van der Waals surface area contributed by atoms with Crippen molar-refractivity contribution in [3.05, 3.63) is 41.5 Å². The van der Waals surface area contributed by atoms with Gasteiger partial charge in [-0.3, -0.25) is 19.7 Å². The second-order valence-electron chi connectivity index (χ2n) is 2.85. The summed E-state index contributed by atoms with van der Waals surface area (Å²) >= 11 is 2.97. The first kappa shape index (κ1) is 10.5. The Kier molecular flexibility index (Phi) is 2.31. The SMILES string of the molecule is O=c1[nH]c2nc(Br)cc([N+](=O)[O-])c2[nH]c1=O. The van der Waals surface area contributed by atoms with Crippen LogP contribution < -0.4 is 11.1 Å². The molecule has 2 aromatic rings. The minimum Gasteiger partial charge on any atom is -0.309 e. The Hall–Kier alpha value is -2.03. The third-order valence-corrected chi connectivity index (χ3v) is 2.25. The van der Waals surface area contributed by atoms with E-state index in [9.17, 15) is 19.7 Å². The van der Waals surface area contributed by atoms with E-state index in [1.54, 1.807) is 0 Å². The number of nitrogens with one attached hydrogen (secondary N) is 2. The van der Waals surface area contributed by atoms with Gasteiger partial charge in [-0.2, -0.15) is 0 Å². The normalized spacial score (nSPS) is 10.6. The van der Waals surface area contributed by atoms with Crippen LogP contribution in [0.2, 0.25) is 0 Å². The first-order valence-corrected chi connectivity index (χ1v) is 4.75. The molecule has 2 aromatic heterocycles. The van der Waals surface area contributed by atoms with Gasteiger partial charge in [0.15, 0.2) is 11.2 Å². The van der Waals surface area contributed by atoms with Gasteiger partial charge in [0.2, 0.25) is 0 Å². The van der Waals surface area contributed by atoms with Gasteiger partial charge in [0, 0.05) is 0 Å². The Labute approximate surface area is 94.6 Å². The van der Waals surface area contributed by atoms with Crippen molar-refractivity contribution in [1.82, 2.24) is 15.0 Å². The van der Waals surface area contributed by atoms with Crippen LogP contribution in [-0.2, 0) is 0 Å². The van der Waals surface area contributed by atoms with Gasteiger partial charge in [-0.25, -0.2) is 4.98 Å². The van der Waals surface area contributed by atoms with E-state index in [-0.39, 0.29) is 21.5 Å². The van der Waals surface area contributed by atoms with E-state index in [1.807, 2.05) is 0 Å². The number of nitro groups is 1. The molecule has 2 rings (SSSR count). The summed E-state index contributed by atoms with van der Waals surface area (Å²) in [5, 5.41) is 10.7. The van der Waals surface area contributed by atoms with Crippen LogP contribution in [0.4, 0.5) is 5.69 Å². The molecule has 16 heavy (non-hydrogen) atoms. The van der Waals surface area contributed by atoms with E-state index in [2.05, 4.69) is 30.9 Å². The molecule has 0 radical (unpaired) electrons. The van der Waals surface area contributed by atoms with Crippen molar-refractivity contribution in [2.45, 2.75) is 0 Å². The Morgan fingerprint density at radius 2 is 1.94 bits per heavy atom. The molecule has 8 nitrogen and oxygen atoms in total. The fraction of sp³-hybridized carbons (Fsp3) is 0. The van der Waals surface area contributed by atoms with Crippen molar-refractivity contribution >= 4 is 32.8 Å². The summed E-state index contributed by atoms with van der Waals surface area (Å²) in [4.78, 5) is 40.1. The zero-order valence-electron chi connectivity index (χ0n) is 7.48. The lowest BCUT2D eigenvalue weighted by Gasteiger charge is -1.98. The molecule has 0 spiro atoms. The highest BCUT2D eigenvalue weighted by atomic mass is 79.9. The summed E-state index contributed by atoms with van der Waals surface area (Å²) in [5.41, 5.74) is -2.37. The van der Waals surface area contributed by atoms with Crippen LogP contribution in [0, 0.1) is 10.1 Å². The quantitative estimate of drug-likeness (QED) is 0.337. The van der Waals surface area contributed by atoms with Crippen LogP contribution >= 0.6 is 15.9 Å². The second kappa shape index (κ2) is 3.52. The van der Waals surface area contributed by atoms with Gasteiger partial charge >= 0.3 is 11.1 Å². The van der Waals surface area contributed by atoms with E-state index >= 15 is 0 Å². The van der Waals surface area contributed by atoms with Gasteiger partial charge in [-0.15, -0.1) is 0 Å². The van der Waals surface area contributed by atoms with Crippen LogP contribution in [0.15, 0.2) is 20.3 Å². The molecular formula is C7H3BrN4O4. The Balaban J connectivity index is 3.02. The van der Waals surface area contributed by atoms with Crippen LogP contribution in [0.5, 0.6) is 0 Å². The predicted octanol–water partition coefficient (Wildman–Crippen LogP) is 0.282. The fourth-order valence-corrected chi connectivity index (χ4v) is 1.59. The lowest BCUT2D eigenvalue weighted by molar-refractivity contribution is -0.383. The first-order chi connectivity index (χ1) is 7.49. The fourth-order valence-electron chi connectivity index (χ4n) is 1.19. The van der Waals surface area contributed by atoms with Crippen molar-refractivity contribution in [2.24, 2.45) is 0 Å². The molecule has 2 heterocycles. The largest absolute Gasteiger partial charge is 0.315 e. The molecule has 0 saturated carbocycles. The topological polar surface area (TPSA) is 122 Å². The van der Waals surface area contributed by atoms with Crippen molar-refractivity contribution < 1.29 is 4.92 Å². The van der Waals surface area contributed by atoms with Crippen LogP contribution in [0.1, 0.15) is 0 Å². The lowest BCUT2D eigenvalue weighted by atomic mass is 10.3. The van der Waals surface area contributed by atoms with Crippen molar-refractivity contribution in [3.63, 3.8) is 0 Å². The zero-order chi connectivity index (χ0) is 11.9. The molecule has 0 amide bonds. The van der Waals surface area contributed by atoms with Crippen molar-refractivity contribution in [2.75, 3.05) is 0 Å². The van der Waals surface area contributed by atoms with Crippen LogP contribution in [-0.4, -0.2) is 19.9 Å². The highest BCUT2D eigenvalue weighted by Gasteiger charge is 2.16. The van der Waals surface area contributed by atoms with Gasteiger partial charge < -0.3 is 9.97 Å². The number of pyridine rings is 1. The number of nitrogens with zero attached hydrogens (tertiary/aromatic N) is 2. The summed E-state index contributed by atoms with van der Waals surface area (Å²) in [7, 11) is 0. The minimum absolute atomic E-state index is 0.0503. The maximum Gasteiger partial charge on any atom is 0.315 e. The maximum atomic E-state index is 11.0. The lowest BCUT2D eigenvalue weighted by Crippen LogP contribution is -2.29. The number of halogens is 1. The molecule has 82 valence electrons. The summed E-state index contributed by atoms with van der Waals surface area (Å²) in [5.74, 6) is 0. The van der Waals surface area contributed by atoms with Gasteiger partial charge in [0.1, 0.15) is 4.60 Å². The smallest absolute Gasteiger partial charge is 0.309 e. The van der Waals surface area contributed by atoms with E-state index in [1.165, 1.54) is 0 Å². The van der Waals surface area contributed by atoms with Gasteiger partial charge in [0.25, 0.3) is 5.69 Å². The van der Waals surface area contributed by atoms with Gasteiger partial charge in [0.05, 0.1) is 11.0 Å². The maximum absolute atomic E-state index is 11.0. The van der Waals surface area contributed by atoms with Gasteiger partial charge in [-0.05, 0) is 15.9 Å². The molecular weight excluding hydrogens is 284 g/mol. The zero-order valence-corrected chi connectivity index (χ0v) is 9.07. The predicted molar refractivity (Wildman–Crippen MR) is 57.3 cm³/mol. The van der Waals surface area contributed by atoms with E-state index in [0.29, 0.717) is 0 Å². The summed E-state index contributed by atoms with van der Waals surface area (Å²) in [6, 6.07) is 1.14. The average Bonchev–Trinajstić information content (AvgIpc) is 2.19. The molecule has 0 aliphatic carbocycles. The molecule has 0 fully saturated rings. The van der Waals surface area contributed by atoms with Crippen LogP contribution in [0.3, 0.4) is 0 Å². The third kappa shape index (κ3) is 1.60. The van der Waals surface area contributed by atoms with E-state index in [0.717, 1.165) is 6.07 Å². The molecule has 2 N–H and O–H groups in total. The van der Waals surface area contributed by atoms with Gasteiger partial charge in [-0.1, -0.05) is 0 Å². The second-order valence-corrected chi connectivity index (χ2v) is 3.67. The number of fused-ring (bicyclic) bond motifs is 1. The number of hydrogen-bond donors (Lipinski definition) is 2. The summed E-state index contributed by atoms with van der Waals surface area (Å²) in [6.45, 7) is 0. The number of aromatic amines is 2. The highest BCUT2D eigenvalue weighted by Crippen LogP contribution is 2.22. The molecule has 0 atom stereocenters. The Morgan fingerprint density at radius 3 is 2.56 bits per heavy atom. The molecule has 0 aliphatic rings. The summed E-state index contributed by atoms with van der Waals surface area (Å²) in [6.07, 6.45) is 0. The molecule has 0 aliphatic heterocycles. The molecule has 0 aromatic carbocycles. The van der Waals surface area contributed by atoms with Crippen molar-refractivity contribution in [1.29, 1.82) is 0 Å². The molecule has 9 heteroatoms. The third-order valence-electron chi connectivity index (χ3n) is 1.84. The molecule has 0 saturated heterocycles. The number of H-pyrrole nitrogens is 2. The Morgan fingerprint density at radius 1 is 1.31 bits per heavy atom.